The summed E-state index contributed by atoms with van der Waals surface area (Å²) in [5.41, 5.74) is 1.62. The van der Waals surface area contributed by atoms with Crippen LogP contribution in [-0.2, 0) is 0 Å². The van der Waals surface area contributed by atoms with Crippen LogP contribution in [0.25, 0.3) is 17.1 Å². The van der Waals surface area contributed by atoms with E-state index in [0.29, 0.717) is 26.6 Å². The Morgan fingerprint density at radius 3 is 2.71 bits per heavy atom. The first-order valence-electron chi connectivity index (χ1n) is 6.75. The molecular formula is C16H9Cl2N3O3. The molecule has 0 aliphatic rings. The zero-order chi connectivity index (χ0) is 17.3. The maximum absolute atomic E-state index is 12.2. The molecule has 3 rings (SSSR count). The Bertz CT molecular complexity index is 956. The van der Waals surface area contributed by atoms with Gasteiger partial charge in [0.05, 0.1) is 26.0 Å². The van der Waals surface area contributed by atoms with E-state index in [0.717, 1.165) is 0 Å². The van der Waals surface area contributed by atoms with E-state index >= 15 is 0 Å². The van der Waals surface area contributed by atoms with Gasteiger partial charge in [-0.05, 0) is 23.8 Å². The number of aromatic nitrogens is 2. The first-order valence-corrected chi connectivity index (χ1v) is 7.51. The average Bonchev–Trinajstić information content (AvgIpc) is 2.96. The lowest BCUT2D eigenvalue weighted by atomic mass is 10.1. The number of carbonyl (C=O) groups excluding carboxylic acids is 1. The predicted molar refractivity (Wildman–Crippen MR) is 92.6 cm³/mol. The van der Waals surface area contributed by atoms with E-state index in [-0.39, 0.29) is 17.3 Å². The smallest absolute Gasteiger partial charge is 0.270 e. The number of non-ortho nitro benzene ring substituents is 1. The minimum Gasteiger partial charge on any atom is -0.335 e. The number of halogens is 2. The molecule has 3 aromatic rings. The minimum absolute atomic E-state index is 0.0439. The van der Waals surface area contributed by atoms with Crippen molar-refractivity contribution in [2.45, 2.75) is 0 Å². The molecule has 0 atom stereocenters. The first-order chi connectivity index (χ1) is 11.4. The summed E-state index contributed by atoms with van der Waals surface area (Å²) in [6.45, 7) is 0. The summed E-state index contributed by atoms with van der Waals surface area (Å²) in [5, 5.41) is 11.5. The Labute approximate surface area is 145 Å². The average molecular weight is 362 g/mol. The first kappa shape index (κ1) is 16.2. The third-order valence-corrected chi connectivity index (χ3v) is 3.99. The molecule has 8 heteroatoms. The monoisotopic (exact) mass is 361 g/mol. The van der Waals surface area contributed by atoms with E-state index in [4.69, 9.17) is 23.2 Å². The summed E-state index contributed by atoms with van der Waals surface area (Å²) in [4.78, 5) is 29.5. The fraction of sp³-hybridized carbons (Fsp3) is 0. The molecule has 0 saturated heterocycles. The number of nitrogens with zero attached hydrogens (tertiary/aromatic N) is 2. The van der Waals surface area contributed by atoms with E-state index < -0.39 is 4.92 Å². The molecule has 1 N–H and O–H groups in total. The highest BCUT2D eigenvalue weighted by Gasteiger charge is 2.11. The molecule has 2 aromatic carbocycles. The Morgan fingerprint density at radius 2 is 1.96 bits per heavy atom. The Hall–Kier alpha value is -2.70. The number of imidazole rings is 1. The maximum Gasteiger partial charge on any atom is 0.270 e. The fourth-order valence-electron chi connectivity index (χ4n) is 2.11. The number of allylic oxidation sites excluding steroid dienone is 1. The maximum atomic E-state index is 12.2. The van der Waals surface area contributed by atoms with Gasteiger partial charge in [0.25, 0.3) is 5.69 Å². The number of carbonyl (C=O) groups is 1. The molecule has 0 unspecified atom stereocenters. The molecule has 0 spiro atoms. The summed E-state index contributed by atoms with van der Waals surface area (Å²) in [7, 11) is 0. The second kappa shape index (κ2) is 6.43. The summed E-state index contributed by atoms with van der Waals surface area (Å²) >= 11 is 11.8. The van der Waals surface area contributed by atoms with Crippen molar-refractivity contribution in [1.29, 1.82) is 0 Å². The van der Waals surface area contributed by atoms with Gasteiger partial charge in [0.2, 0.25) is 5.78 Å². The topological polar surface area (TPSA) is 88.9 Å². The number of nitro groups is 1. The van der Waals surface area contributed by atoms with Gasteiger partial charge in [0, 0.05) is 12.1 Å². The molecule has 1 aromatic heterocycles. The zero-order valence-electron chi connectivity index (χ0n) is 12.0. The highest BCUT2D eigenvalue weighted by Crippen LogP contribution is 2.26. The molecule has 120 valence electrons. The summed E-state index contributed by atoms with van der Waals surface area (Å²) in [6.07, 6.45) is 2.78. The number of hydrogen-bond donors (Lipinski definition) is 1. The van der Waals surface area contributed by atoms with Crippen molar-refractivity contribution in [3.05, 3.63) is 74.0 Å². The van der Waals surface area contributed by atoms with Crippen LogP contribution in [0, 0.1) is 10.1 Å². The molecule has 24 heavy (non-hydrogen) atoms. The number of H-pyrrole nitrogens is 1. The van der Waals surface area contributed by atoms with Gasteiger partial charge >= 0.3 is 0 Å². The van der Waals surface area contributed by atoms with Crippen molar-refractivity contribution in [1.82, 2.24) is 9.97 Å². The molecule has 1 heterocycles. The normalized spacial score (nSPS) is 11.2. The van der Waals surface area contributed by atoms with Crippen LogP contribution in [0.3, 0.4) is 0 Å². The summed E-state index contributed by atoms with van der Waals surface area (Å²) in [6, 6.07) is 9.13. The number of rotatable bonds is 4. The fourth-order valence-corrected chi connectivity index (χ4v) is 2.44. The number of fused-ring (bicyclic) bond motifs is 1. The highest BCUT2D eigenvalue weighted by molar-refractivity contribution is 6.42. The van der Waals surface area contributed by atoms with Crippen molar-refractivity contribution in [2.24, 2.45) is 0 Å². The Morgan fingerprint density at radius 1 is 1.21 bits per heavy atom. The van der Waals surface area contributed by atoms with E-state index in [1.165, 1.54) is 24.3 Å². The second-order valence-electron chi connectivity index (χ2n) is 4.92. The number of aromatic amines is 1. The van der Waals surface area contributed by atoms with Crippen LogP contribution < -0.4 is 0 Å². The van der Waals surface area contributed by atoms with Crippen molar-refractivity contribution in [3.63, 3.8) is 0 Å². The summed E-state index contributed by atoms with van der Waals surface area (Å²) < 4.78 is 0. The van der Waals surface area contributed by atoms with Crippen molar-refractivity contribution in [3.8, 4) is 0 Å². The largest absolute Gasteiger partial charge is 0.335 e. The van der Waals surface area contributed by atoms with Gasteiger partial charge in [-0.3, -0.25) is 14.9 Å². The van der Waals surface area contributed by atoms with Gasteiger partial charge in [-0.2, -0.15) is 0 Å². The molecule has 0 amide bonds. The number of ketones is 1. The number of hydrogen-bond acceptors (Lipinski definition) is 4. The Kier molecular flexibility index (Phi) is 4.33. The third kappa shape index (κ3) is 3.29. The van der Waals surface area contributed by atoms with Gasteiger partial charge in [0.15, 0.2) is 5.82 Å². The van der Waals surface area contributed by atoms with E-state index in [9.17, 15) is 14.9 Å². The summed E-state index contributed by atoms with van der Waals surface area (Å²) in [5.74, 6) is -0.241. The molecular weight excluding hydrogens is 353 g/mol. The van der Waals surface area contributed by atoms with Gasteiger partial charge in [-0.15, -0.1) is 0 Å². The quantitative estimate of drug-likeness (QED) is 0.316. The molecule has 0 saturated carbocycles. The van der Waals surface area contributed by atoms with Gasteiger partial charge in [0.1, 0.15) is 0 Å². The number of benzene rings is 2. The molecule has 0 fully saturated rings. The van der Waals surface area contributed by atoms with Crippen LogP contribution in [0.5, 0.6) is 0 Å². The third-order valence-electron chi connectivity index (χ3n) is 3.27. The van der Waals surface area contributed by atoms with Crippen molar-refractivity contribution >= 4 is 51.8 Å². The van der Waals surface area contributed by atoms with Gasteiger partial charge < -0.3 is 4.98 Å². The minimum atomic E-state index is -0.494. The van der Waals surface area contributed by atoms with Crippen LogP contribution >= 0.6 is 23.2 Å². The molecule has 0 aliphatic heterocycles. The van der Waals surface area contributed by atoms with Crippen LogP contribution in [0.1, 0.15) is 16.2 Å². The van der Waals surface area contributed by atoms with Crippen LogP contribution in [0.2, 0.25) is 10.0 Å². The lowest BCUT2D eigenvalue weighted by molar-refractivity contribution is -0.384. The molecule has 0 aliphatic carbocycles. The highest BCUT2D eigenvalue weighted by atomic mass is 35.5. The van der Waals surface area contributed by atoms with Crippen LogP contribution in [0.15, 0.2) is 42.5 Å². The van der Waals surface area contributed by atoms with E-state index in [1.54, 1.807) is 24.3 Å². The van der Waals surface area contributed by atoms with Crippen LogP contribution in [0.4, 0.5) is 5.69 Å². The standard InChI is InChI=1S/C16H9Cl2N3O3/c17-11-7-13-14(8-12(11)18)20-16(19-13)15(22)5-4-9-2-1-3-10(6-9)21(23)24/h1-8H,(H,19,20)/b5-4+. The van der Waals surface area contributed by atoms with Gasteiger partial charge in [-0.1, -0.05) is 41.4 Å². The number of nitro benzene ring substituents is 1. The SMILES string of the molecule is O=C(/C=C/c1cccc([N+](=O)[O-])c1)c1nc2cc(Cl)c(Cl)cc2[nH]1. The van der Waals surface area contributed by atoms with Crippen molar-refractivity contribution in [2.75, 3.05) is 0 Å². The lowest BCUT2D eigenvalue weighted by Gasteiger charge is -1.94. The Balaban J connectivity index is 1.87. The van der Waals surface area contributed by atoms with Crippen LogP contribution in [-0.4, -0.2) is 20.7 Å². The van der Waals surface area contributed by atoms with E-state index in [2.05, 4.69) is 9.97 Å². The van der Waals surface area contributed by atoms with Crippen molar-refractivity contribution < 1.29 is 9.72 Å². The zero-order valence-corrected chi connectivity index (χ0v) is 13.5. The number of nitrogens with one attached hydrogen (secondary N) is 1. The molecule has 6 nitrogen and oxygen atoms in total. The van der Waals surface area contributed by atoms with E-state index in [1.807, 2.05) is 0 Å². The lowest BCUT2D eigenvalue weighted by Crippen LogP contribution is -1.96. The van der Waals surface area contributed by atoms with Gasteiger partial charge in [-0.25, -0.2) is 4.98 Å². The predicted octanol–water partition coefficient (Wildman–Crippen LogP) is 4.67. The molecule has 0 bridgehead atoms. The second-order valence-corrected chi connectivity index (χ2v) is 5.73. The molecule has 0 radical (unpaired) electrons.